The predicted octanol–water partition coefficient (Wildman–Crippen LogP) is 0.770. The molecule has 1 aromatic carbocycles. The Kier molecular flexibility index (Phi) is 3.29. The molecule has 3 amide bonds. The van der Waals surface area contributed by atoms with Crippen LogP contribution in [0, 0.1) is 5.92 Å². The summed E-state index contributed by atoms with van der Waals surface area (Å²) in [6.45, 7) is 2.31. The average Bonchev–Trinajstić information content (AvgIpc) is 3.34. The van der Waals surface area contributed by atoms with Gasteiger partial charge in [0, 0.05) is 19.2 Å². The van der Waals surface area contributed by atoms with E-state index in [0.717, 1.165) is 17.7 Å². The highest BCUT2D eigenvalue weighted by molar-refractivity contribution is 6.21. The first-order chi connectivity index (χ1) is 10.4. The summed E-state index contributed by atoms with van der Waals surface area (Å²) in [5, 5.41) is 2.98. The van der Waals surface area contributed by atoms with Gasteiger partial charge in [0.1, 0.15) is 0 Å². The first kappa shape index (κ1) is 14.7. The van der Waals surface area contributed by atoms with Gasteiger partial charge in [-0.2, -0.15) is 0 Å². The first-order valence-corrected chi connectivity index (χ1v) is 7.36. The smallest absolute Gasteiger partial charge is 0.261 e. The fourth-order valence-corrected chi connectivity index (χ4v) is 2.87. The van der Waals surface area contributed by atoms with Gasteiger partial charge < -0.3 is 11.1 Å². The fraction of sp³-hybridized carbons (Fsp3) is 0.438. The third-order valence-electron chi connectivity index (χ3n) is 4.65. The minimum absolute atomic E-state index is 0.266. The second kappa shape index (κ2) is 4.91. The predicted molar refractivity (Wildman–Crippen MR) is 80.5 cm³/mol. The van der Waals surface area contributed by atoms with Crippen LogP contribution in [0.3, 0.4) is 0 Å². The van der Waals surface area contributed by atoms with Crippen LogP contribution in [0.2, 0.25) is 0 Å². The van der Waals surface area contributed by atoms with Crippen molar-refractivity contribution in [2.45, 2.75) is 25.3 Å². The van der Waals surface area contributed by atoms with Gasteiger partial charge in [-0.1, -0.05) is 0 Å². The summed E-state index contributed by atoms with van der Waals surface area (Å²) >= 11 is 0. The number of rotatable bonds is 4. The highest BCUT2D eigenvalue weighted by atomic mass is 16.2. The van der Waals surface area contributed by atoms with Crippen molar-refractivity contribution in [2.24, 2.45) is 11.7 Å². The molecule has 3 N–H and O–H groups in total. The van der Waals surface area contributed by atoms with Gasteiger partial charge in [0.25, 0.3) is 17.7 Å². The van der Waals surface area contributed by atoms with E-state index in [0.29, 0.717) is 23.6 Å². The third-order valence-corrected chi connectivity index (χ3v) is 4.65. The highest BCUT2D eigenvalue weighted by Gasteiger charge is 2.42. The second-order valence-electron chi connectivity index (χ2n) is 6.28. The molecule has 0 bridgehead atoms. The number of benzene rings is 1. The molecule has 1 fully saturated rings. The van der Waals surface area contributed by atoms with Crippen molar-refractivity contribution in [1.82, 2.24) is 10.2 Å². The number of nitrogens with zero attached hydrogens (tertiary/aromatic N) is 1. The molecule has 6 nitrogen and oxygen atoms in total. The van der Waals surface area contributed by atoms with Gasteiger partial charge in [0.2, 0.25) is 0 Å². The van der Waals surface area contributed by atoms with E-state index < -0.39 is 5.54 Å². The molecule has 6 heteroatoms. The molecule has 0 radical (unpaired) electrons. The summed E-state index contributed by atoms with van der Waals surface area (Å²) in [5.74, 6) is -0.571. The lowest BCUT2D eigenvalue weighted by Crippen LogP contribution is -2.53. The van der Waals surface area contributed by atoms with Crippen LogP contribution in [0.4, 0.5) is 0 Å². The Labute approximate surface area is 128 Å². The zero-order valence-electron chi connectivity index (χ0n) is 12.7. The molecule has 2 aliphatic rings. The Hall–Kier alpha value is -2.21. The lowest BCUT2D eigenvalue weighted by atomic mass is 9.95. The summed E-state index contributed by atoms with van der Waals surface area (Å²) in [6, 6.07) is 4.59. The summed E-state index contributed by atoms with van der Waals surface area (Å²) < 4.78 is 0. The molecule has 1 aliphatic heterocycles. The standard InChI is InChI=1S/C16H19N3O3/c1-16(8-17,10-4-5-10)18-13(20)9-3-6-11-12(7-9)15(22)19(2)14(11)21/h3,6-7,10H,4-5,8,17H2,1-2H3,(H,18,20). The largest absolute Gasteiger partial charge is 0.345 e. The van der Waals surface area contributed by atoms with Gasteiger partial charge in [0.15, 0.2) is 0 Å². The number of imide groups is 1. The number of nitrogens with two attached hydrogens (primary N) is 1. The first-order valence-electron chi connectivity index (χ1n) is 7.36. The molecule has 1 saturated carbocycles. The molecular formula is C16H19N3O3. The molecular weight excluding hydrogens is 282 g/mol. The van der Waals surface area contributed by atoms with E-state index in [1.54, 1.807) is 6.07 Å². The molecule has 0 aromatic heterocycles. The number of carbonyl (C=O) groups is 3. The molecule has 1 aliphatic carbocycles. The zero-order chi connectivity index (χ0) is 16.1. The van der Waals surface area contributed by atoms with Crippen molar-refractivity contribution < 1.29 is 14.4 Å². The van der Waals surface area contributed by atoms with Crippen LogP contribution in [0.15, 0.2) is 18.2 Å². The van der Waals surface area contributed by atoms with Crippen molar-refractivity contribution in [1.29, 1.82) is 0 Å². The lowest BCUT2D eigenvalue weighted by molar-refractivity contribution is 0.0693. The van der Waals surface area contributed by atoms with E-state index in [1.165, 1.54) is 19.2 Å². The molecule has 116 valence electrons. The maximum absolute atomic E-state index is 12.4. The van der Waals surface area contributed by atoms with E-state index in [-0.39, 0.29) is 23.3 Å². The van der Waals surface area contributed by atoms with Gasteiger partial charge >= 0.3 is 0 Å². The highest BCUT2D eigenvalue weighted by Crippen LogP contribution is 2.39. The number of amides is 3. The molecule has 1 heterocycles. The summed E-state index contributed by atoms with van der Waals surface area (Å²) in [7, 11) is 1.43. The van der Waals surface area contributed by atoms with Crippen LogP contribution >= 0.6 is 0 Å². The number of hydrogen-bond acceptors (Lipinski definition) is 4. The topological polar surface area (TPSA) is 92.5 Å². The van der Waals surface area contributed by atoms with Crippen LogP contribution in [-0.4, -0.2) is 41.8 Å². The maximum atomic E-state index is 12.4. The SMILES string of the molecule is CN1C(=O)c2ccc(C(=O)NC(C)(CN)C3CC3)cc2C1=O. The molecule has 0 saturated heterocycles. The maximum Gasteiger partial charge on any atom is 0.261 e. The van der Waals surface area contributed by atoms with Crippen molar-refractivity contribution in [3.05, 3.63) is 34.9 Å². The van der Waals surface area contributed by atoms with Gasteiger partial charge in [-0.05, 0) is 43.9 Å². The minimum Gasteiger partial charge on any atom is -0.345 e. The Balaban J connectivity index is 1.86. The Bertz CT molecular complexity index is 681. The second-order valence-corrected chi connectivity index (χ2v) is 6.28. The summed E-state index contributed by atoms with van der Waals surface area (Å²) in [6.07, 6.45) is 2.13. The van der Waals surface area contributed by atoms with Crippen molar-refractivity contribution in [3.63, 3.8) is 0 Å². The van der Waals surface area contributed by atoms with Crippen LogP contribution in [-0.2, 0) is 0 Å². The molecule has 0 spiro atoms. The Morgan fingerprint density at radius 1 is 1.32 bits per heavy atom. The Morgan fingerprint density at radius 3 is 2.55 bits per heavy atom. The van der Waals surface area contributed by atoms with Gasteiger partial charge in [-0.25, -0.2) is 0 Å². The van der Waals surface area contributed by atoms with Crippen molar-refractivity contribution in [3.8, 4) is 0 Å². The van der Waals surface area contributed by atoms with Crippen LogP contribution in [0.5, 0.6) is 0 Å². The number of fused-ring (bicyclic) bond motifs is 1. The van der Waals surface area contributed by atoms with E-state index in [9.17, 15) is 14.4 Å². The lowest BCUT2D eigenvalue weighted by Gasteiger charge is -2.29. The van der Waals surface area contributed by atoms with Gasteiger partial charge in [0.05, 0.1) is 16.7 Å². The van der Waals surface area contributed by atoms with Gasteiger partial charge in [-0.15, -0.1) is 0 Å². The number of hydrogen-bond donors (Lipinski definition) is 2. The summed E-state index contributed by atoms with van der Waals surface area (Å²) in [5.41, 5.74) is 6.37. The van der Waals surface area contributed by atoms with Gasteiger partial charge in [-0.3, -0.25) is 19.3 Å². The van der Waals surface area contributed by atoms with Crippen molar-refractivity contribution in [2.75, 3.05) is 13.6 Å². The zero-order valence-corrected chi connectivity index (χ0v) is 12.7. The van der Waals surface area contributed by atoms with Crippen LogP contribution < -0.4 is 11.1 Å². The van der Waals surface area contributed by atoms with E-state index in [1.807, 2.05) is 6.92 Å². The van der Waals surface area contributed by atoms with Crippen LogP contribution in [0.25, 0.3) is 0 Å². The molecule has 1 atom stereocenters. The molecule has 22 heavy (non-hydrogen) atoms. The van der Waals surface area contributed by atoms with E-state index in [4.69, 9.17) is 5.73 Å². The monoisotopic (exact) mass is 301 g/mol. The third kappa shape index (κ3) is 2.20. The summed E-state index contributed by atoms with van der Waals surface area (Å²) in [4.78, 5) is 37.3. The Morgan fingerprint density at radius 2 is 1.95 bits per heavy atom. The molecule has 1 aromatic rings. The number of nitrogens with one attached hydrogen (secondary N) is 1. The minimum atomic E-state index is -0.424. The quantitative estimate of drug-likeness (QED) is 0.803. The van der Waals surface area contributed by atoms with E-state index >= 15 is 0 Å². The number of carbonyl (C=O) groups excluding carboxylic acids is 3. The molecule has 3 rings (SSSR count). The average molecular weight is 301 g/mol. The van der Waals surface area contributed by atoms with E-state index in [2.05, 4.69) is 5.32 Å². The fourth-order valence-electron chi connectivity index (χ4n) is 2.87. The van der Waals surface area contributed by atoms with Crippen molar-refractivity contribution >= 4 is 17.7 Å². The normalized spacial score (nSPS) is 19.9. The molecule has 1 unspecified atom stereocenters. The van der Waals surface area contributed by atoms with Crippen LogP contribution in [0.1, 0.15) is 50.8 Å².